The SMILES string of the molecule is COCC(O)Cc1cc(Br)cc2c1OCC2. The molecule has 1 N–H and O–H groups in total. The van der Waals surface area contributed by atoms with Crippen molar-refractivity contribution in [2.24, 2.45) is 0 Å². The van der Waals surface area contributed by atoms with E-state index in [0.717, 1.165) is 28.8 Å². The summed E-state index contributed by atoms with van der Waals surface area (Å²) < 4.78 is 11.6. The number of hydrogen-bond acceptors (Lipinski definition) is 3. The average molecular weight is 287 g/mol. The van der Waals surface area contributed by atoms with E-state index in [2.05, 4.69) is 22.0 Å². The van der Waals surface area contributed by atoms with Crippen molar-refractivity contribution in [2.75, 3.05) is 20.3 Å². The van der Waals surface area contributed by atoms with Crippen LogP contribution in [0.5, 0.6) is 5.75 Å². The second kappa shape index (κ2) is 5.17. The summed E-state index contributed by atoms with van der Waals surface area (Å²) >= 11 is 3.48. The van der Waals surface area contributed by atoms with Gasteiger partial charge in [0.25, 0.3) is 0 Å². The van der Waals surface area contributed by atoms with E-state index in [4.69, 9.17) is 9.47 Å². The molecule has 0 spiro atoms. The number of aliphatic hydroxyl groups is 1. The Labute approximate surface area is 104 Å². The molecule has 4 heteroatoms. The lowest BCUT2D eigenvalue weighted by Gasteiger charge is -2.13. The topological polar surface area (TPSA) is 38.7 Å². The number of ether oxygens (including phenoxy) is 2. The van der Waals surface area contributed by atoms with Gasteiger partial charge in [-0.2, -0.15) is 0 Å². The van der Waals surface area contributed by atoms with Gasteiger partial charge < -0.3 is 14.6 Å². The Hall–Kier alpha value is -0.580. The number of fused-ring (bicyclic) bond motifs is 1. The van der Waals surface area contributed by atoms with Gasteiger partial charge in [-0.1, -0.05) is 15.9 Å². The molecule has 16 heavy (non-hydrogen) atoms. The normalized spacial score (nSPS) is 15.7. The quantitative estimate of drug-likeness (QED) is 0.919. The Bertz CT molecular complexity index is 379. The number of methoxy groups -OCH3 is 1. The highest BCUT2D eigenvalue weighted by molar-refractivity contribution is 9.10. The summed E-state index contributed by atoms with van der Waals surface area (Å²) in [5.74, 6) is 0.943. The van der Waals surface area contributed by atoms with Crippen molar-refractivity contribution in [3.05, 3.63) is 27.7 Å². The molecule has 1 heterocycles. The summed E-state index contributed by atoms with van der Waals surface area (Å²) in [5.41, 5.74) is 2.26. The molecular formula is C12H15BrO3. The van der Waals surface area contributed by atoms with E-state index < -0.39 is 6.10 Å². The molecule has 1 aliphatic heterocycles. The molecule has 1 atom stereocenters. The molecule has 0 radical (unpaired) electrons. The zero-order chi connectivity index (χ0) is 11.5. The minimum absolute atomic E-state index is 0.348. The van der Waals surface area contributed by atoms with Crippen molar-refractivity contribution in [3.8, 4) is 5.75 Å². The number of benzene rings is 1. The van der Waals surface area contributed by atoms with E-state index in [9.17, 15) is 5.11 Å². The van der Waals surface area contributed by atoms with Crippen LogP contribution < -0.4 is 4.74 Å². The Morgan fingerprint density at radius 2 is 2.38 bits per heavy atom. The number of halogens is 1. The first-order valence-electron chi connectivity index (χ1n) is 5.32. The maximum atomic E-state index is 9.73. The third-order valence-electron chi connectivity index (χ3n) is 2.64. The summed E-state index contributed by atoms with van der Waals surface area (Å²) in [7, 11) is 1.59. The summed E-state index contributed by atoms with van der Waals surface area (Å²) in [6, 6.07) is 4.08. The van der Waals surface area contributed by atoms with Crippen LogP contribution >= 0.6 is 15.9 Å². The fourth-order valence-electron chi connectivity index (χ4n) is 2.00. The minimum Gasteiger partial charge on any atom is -0.493 e. The molecule has 1 aliphatic rings. The van der Waals surface area contributed by atoms with E-state index in [-0.39, 0.29) is 0 Å². The molecule has 0 fully saturated rings. The molecule has 0 bridgehead atoms. The summed E-state index contributed by atoms with van der Waals surface area (Å²) in [6.07, 6.45) is 1.03. The number of rotatable bonds is 4. The Morgan fingerprint density at radius 1 is 1.56 bits per heavy atom. The van der Waals surface area contributed by atoms with Crippen LogP contribution in [0, 0.1) is 0 Å². The van der Waals surface area contributed by atoms with E-state index >= 15 is 0 Å². The fraction of sp³-hybridized carbons (Fsp3) is 0.500. The Morgan fingerprint density at radius 3 is 3.12 bits per heavy atom. The lowest BCUT2D eigenvalue weighted by molar-refractivity contribution is 0.0646. The van der Waals surface area contributed by atoms with Crippen LogP contribution in [0.15, 0.2) is 16.6 Å². The largest absolute Gasteiger partial charge is 0.493 e. The molecule has 1 aromatic rings. The van der Waals surface area contributed by atoms with Crippen molar-refractivity contribution in [1.29, 1.82) is 0 Å². The van der Waals surface area contributed by atoms with E-state index in [1.54, 1.807) is 7.11 Å². The first-order chi connectivity index (χ1) is 7.70. The van der Waals surface area contributed by atoms with Gasteiger partial charge in [-0.05, 0) is 23.3 Å². The van der Waals surface area contributed by atoms with Crippen molar-refractivity contribution in [1.82, 2.24) is 0 Å². The van der Waals surface area contributed by atoms with Gasteiger partial charge in [-0.25, -0.2) is 0 Å². The van der Waals surface area contributed by atoms with Gasteiger partial charge in [0.1, 0.15) is 5.75 Å². The first kappa shape index (κ1) is 11.9. The number of aliphatic hydroxyl groups excluding tert-OH is 1. The second-order valence-corrected chi connectivity index (χ2v) is 4.88. The van der Waals surface area contributed by atoms with Crippen LogP contribution in [0.2, 0.25) is 0 Å². The average Bonchev–Trinajstić information content (AvgIpc) is 2.65. The molecule has 0 aromatic heterocycles. The monoisotopic (exact) mass is 286 g/mol. The van der Waals surface area contributed by atoms with Gasteiger partial charge in [0.15, 0.2) is 0 Å². The Balaban J connectivity index is 2.20. The van der Waals surface area contributed by atoms with Gasteiger partial charge in [-0.15, -0.1) is 0 Å². The predicted octanol–water partition coefficient (Wildman–Crippen LogP) is 1.93. The molecule has 1 aromatic carbocycles. The van der Waals surface area contributed by atoms with Crippen LogP contribution in [0.1, 0.15) is 11.1 Å². The molecular weight excluding hydrogens is 272 g/mol. The second-order valence-electron chi connectivity index (χ2n) is 3.96. The van der Waals surface area contributed by atoms with Gasteiger partial charge in [0.2, 0.25) is 0 Å². The summed E-state index contributed by atoms with van der Waals surface area (Å²) in [5, 5.41) is 9.73. The molecule has 88 valence electrons. The third kappa shape index (κ3) is 2.56. The zero-order valence-corrected chi connectivity index (χ0v) is 10.8. The van der Waals surface area contributed by atoms with Gasteiger partial charge in [0, 0.05) is 24.4 Å². The van der Waals surface area contributed by atoms with E-state index in [1.165, 1.54) is 5.56 Å². The molecule has 0 amide bonds. The zero-order valence-electron chi connectivity index (χ0n) is 9.20. The molecule has 2 rings (SSSR count). The lowest BCUT2D eigenvalue weighted by atomic mass is 10.0. The van der Waals surface area contributed by atoms with Crippen LogP contribution in [-0.4, -0.2) is 31.5 Å². The van der Waals surface area contributed by atoms with Gasteiger partial charge in [-0.3, -0.25) is 0 Å². The van der Waals surface area contributed by atoms with Crippen molar-refractivity contribution in [2.45, 2.75) is 18.9 Å². The highest BCUT2D eigenvalue weighted by Gasteiger charge is 2.19. The third-order valence-corrected chi connectivity index (χ3v) is 3.10. The maximum Gasteiger partial charge on any atom is 0.125 e. The van der Waals surface area contributed by atoms with Crippen LogP contribution in [0.3, 0.4) is 0 Å². The van der Waals surface area contributed by atoms with Crippen molar-refractivity contribution in [3.63, 3.8) is 0 Å². The molecule has 3 nitrogen and oxygen atoms in total. The van der Waals surface area contributed by atoms with E-state index in [1.807, 2.05) is 6.07 Å². The molecule has 0 saturated carbocycles. The number of hydrogen-bond donors (Lipinski definition) is 1. The van der Waals surface area contributed by atoms with Crippen molar-refractivity contribution < 1.29 is 14.6 Å². The lowest BCUT2D eigenvalue weighted by Crippen LogP contribution is -2.17. The molecule has 0 aliphatic carbocycles. The predicted molar refractivity (Wildman–Crippen MR) is 64.9 cm³/mol. The maximum absolute atomic E-state index is 9.73. The van der Waals surface area contributed by atoms with Crippen LogP contribution in [0.4, 0.5) is 0 Å². The standard InChI is InChI=1S/C12H15BrO3/c1-15-7-11(14)6-9-5-10(13)4-8-2-3-16-12(8)9/h4-5,11,14H,2-3,6-7H2,1H3. The minimum atomic E-state index is -0.479. The van der Waals surface area contributed by atoms with Gasteiger partial charge in [0.05, 0.1) is 19.3 Å². The van der Waals surface area contributed by atoms with Crippen molar-refractivity contribution >= 4 is 15.9 Å². The van der Waals surface area contributed by atoms with Gasteiger partial charge >= 0.3 is 0 Å². The summed E-state index contributed by atoms with van der Waals surface area (Å²) in [4.78, 5) is 0. The molecule has 0 saturated heterocycles. The molecule has 1 unspecified atom stereocenters. The summed E-state index contributed by atoms with van der Waals surface area (Å²) in [6.45, 7) is 1.08. The van der Waals surface area contributed by atoms with Crippen LogP contribution in [-0.2, 0) is 17.6 Å². The smallest absolute Gasteiger partial charge is 0.125 e. The fourth-order valence-corrected chi connectivity index (χ4v) is 2.56. The first-order valence-corrected chi connectivity index (χ1v) is 6.11. The Kier molecular flexibility index (Phi) is 3.84. The highest BCUT2D eigenvalue weighted by Crippen LogP contribution is 2.33. The highest BCUT2D eigenvalue weighted by atomic mass is 79.9. The van der Waals surface area contributed by atoms with E-state index in [0.29, 0.717) is 13.0 Å². The van der Waals surface area contributed by atoms with Crippen LogP contribution in [0.25, 0.3) is 0 Å².